The normalized spacial score (nSPS) is 12.4. The smallest absolute Gasteiger partial charge is 0.252 e. The van der Waals surface area contributed by atoms with Gasteiger partial charge in [0, 0.05) is 61.5 Å². The molecule has 12 aromatic carbocycles. The van der Waals surface area contributed by atoms with Crippen LogP contribution in [-0.2, 0) is 6.42 Å². The van der Waals surface area contributed by atoms with E-state index >= 15 is 0 Å². The minimum atomic E-state index is -0.138. The van der Waals surface area contributed by atoms with E-state index in [1.165, 1.54) is 128 Å². The molecule has 13 aromatic rings. The fourth-order valence-electron chi connectivity index (χ4n) is 13.4. The fraction of sp³-hybridized carbons (Fsp3) is 0.0649. The van der Waals surface area contributed by atoms with E-state index in [4.69, 9.17) is 0 Å². The Morgan fingerprint density at radius 2 is 0.765 bits per heavy atom. The van der Waals surface area contributed by atoms with Crippen LogP contribution in [0.15, 0.2) is 285 Å². The van der Waals surface area contributed by atoms with Crippen LogP contribution in [0.5, 0.6) is 0 Å². The monoisotopic (exact) mass is 1040 g/mol. The predicted octanol–water partition coefficient (Wildman–Crippen LogP) is 18.9. The molecule has 3 heterocycles. The minimum absolute atomic E-state index is 0.138. The zero-order valence-electron chi connectivity index (χ0n) is 45.4. The van der Waals surface area contributed by atoms with Crippen molar-refractivity contribution < 1.29 is 0 Å². The lowest BCUT2D eigenvalue weighted by atomic mass is 9.33. The molecule has 4 heteroatoms. The summed E-state index contributed by atoms with van der Waals surface area (Å²) in [5.74, 6) is 0. The van der Waals surface area contributed by atoms with E-state index in [9.17, 15) is 0 Å². The summed E-state index contributed by atoms with van der Waals surface area (Å²) in [5.41, 5.74) is 27.6. The molecule has 1 aromatic heterocycles. The lowest BCUT2D eigenvalue weighted by molar-refractivity contribution is 0.717. The molecule has 0 spiro atoms. The first-order chi connectivity index (χ1) is 40.2. The molecule has 0 saturated carbocycles. The number of unbranched alkanes of at least 4 members (excludes halogenated alkanes) is 2. The van der Waals surface area contributed by atoms with Crippen LogP contribution in [-0.4, -0.2) is 11.3 Å². The van der Waals surface area contributed by atoms with Crippen LogP contribution in [0.4, 0.5) is 34.1 Å². The first kappa shape index (κ1) is 48.2. The van der Waals surface area contributed by atoms with Gasteiger partial charge in [-0.1, -0.05) is 262 Å². The van der Waals surface area contributed by atoms with Gasteiger partial charge in [0.25, 0.3) is 6.71 Å². The maximum Gasteiger partial charge on any atom is 0.252 e. The van der Waals surface area contributed by atoms with Gasteiger partial charge < -0.3 is 14.4 Å². The topological polar surface area (TPSA) is 11.4 Å². The third-order valence-electron chi connectivity index (χ3n) is 17.0. The Hall–Kier alpha value is -9.90. The van der Waals surface area contributed by atoms with Gasteiger partial charge in [-0.25, -0.2) is 0 Å². The largest absolute Gasteiger partial charge is 0.310 e. The van der Waals surface area contributed by atoms with Gasteiger partial charge in [-0.3, -0.25) is 0 Å². The van der Waals surface area contributed by atoms with E-state index in [1.807, 2.05) is 0 Å². The van der Waals surface area contributed by atoms with Crippen molar-refractivity contribution in [1.82, 2.24) is 4.57 Å². The van der Waals surface area contributed by atoms with E-state index in [0.717, 1.165) is 37.1 Å². The van der Waals surface area contributed by atoms with Crippen LogP contribution < -0.4 is 26.2 Å². The average Bonchev–Trinajstić information content (AvgIpc) is 4.06. The molecule has 15 rings (SSSR count). The zero-order valence-corrected chi connectivity index (χ0v) is 45.4. The molecule has 0 fully saturated rings. The quantitative estimate of drug-likeness (QED) is 0.0892. The van der Waals surface area contributed by atoms with Gasteiger partial charge in [-0.15, -0.1) is 0 Å². The van der Waals surface area contributed by atoms with E-state index in [1.54, 1.807) is 0 Å². The molecule has 0 aliphatic carbocycles. The number of para-hydroxylation sites is 4. The Morgan fingerprint density at radius 3 is 1.25 bits per heavy atom. The number of hydrogen-bond donors (Lipinski definition) is 0. The second-order valence-electron chi connectivity index (χ2n) is 21.7. The van der Waals surface area contributed by atoms with Crippen LogP contribution in [0, 0.1) is 0 Å². The van der Waals surface area contributed by atoms with Gasteiger partial charge in [0.05, 0.1) is 22.4 Å². The summed E-state index contributed by atoms with van der Waals surface area (Å²) in [5, 5.41) is 2.49. The number of fused-ring (bicyclic) bond motifs is 7. The van der Waals surface area contributed by atoms with Gasteiger partial charge in [-0.2, -0.15) is 0 Å². The number of anilines is 6. The van der Waals surface area contributed by atoms with Crippen molar-refractivity contribution in [2.24, 2.45) is 0 Å². The predicted molar refractivity (Wildman–Crippen MR) is 345 cm³/mol. The van der Waals surface area contributed by atoms with Gasteiger partial charge in [0.2, 0.25) is 0 Å². The van der Waals surface area contributed by atoms with Gasteiger partial charge in [0.1, 0.15) is 0 Å². The van der Waals surface area contributed by atoms with Crippen molar-refractivity contribution in [2.45, 2.75) is 32.6 Å². The third kappa shape index (κ3) is 8.20. The molecule has 0 bridgehead atoms. The summed E-state index contributed by atoms with van der Waals surface area (Å²) in [4.78, 5) is 5.37. The molecule has 0 unspecified atom stereocenters. The number of aromatic nitrogens is 1. The van der Waals surface area contributed by atoms with Gasteiger partial charge in [-0.05, 0) is 111 Å². The molecule has 384 valence electrons. The Bertz CT molecular complexity index is 4310. The lowest BCUT2D eigenvalue weighted by Crippen LogP contribution is -2.61. The van der Waals surface area contributed by atoms with E-state index in [2.05, 4.69) is 306 Å². The van der Waals surface area contributed by atoms with Crippen molar-refractivity contribution in [3.8, 4) is 61.3 Å². The van der Waals surface area contributed by atoms with Crippen LogP contribution >= 0.6 is 0 Å². The zero-order chi connectivity index (χ0) is 53.8. The van der Waals surface area contributed by atoms with Crippen molar-refractivity contribution in [2.75, 3.05) is 9.80 Å². The highest BCUT2D eigenvalue weighted by molar-refractivity contribution is 7.00. The maximum atomic E-state index is 2.70. The van der Waals surface area contributed by atoms with E-state index in [-0.39, 0.29) is 6.71 Å². The fourth-order valence-corrected chi connectivity index (χ4v) is 13.4. The van der Waals surface area contributed by atoms with Crippen molar-refractivity contribution in [3.05, 3.63) is 291 Å². The average molecular weight is 1040 g/mol. The highest BCUT2D eigenvalue weighted by Gasteiger charge is 2.45. The standard InChI is InChI=1S/C77H58BN3/c1-2-3-9-26-53-49-73-75-74(50-53)81(77-63(57-33-16-7-17-34-57)41-25-42-64(77)58-35-18-8-19-36-58)72-52-60(79-69-43-22-20-37-65(69)66-38-21-23-44-70(66)79)46-47-67(72)78(75)68-51-59(54-27-10-4-11-28-54)45-48-71(68)80(73)76-61(55-29-12-5-13-30-55)39-24-40-62(76)56-31-14-6-15-32-56/h4-8,10-25,27-52H,2-3,9,26H2,1H3. The summed E-state index contributed by atoms with van der Waals surface area (Å²) in [7, 11) is 0. The number of nitrogens with zero attached hydrogens (tertiary/aromatic N) is 3. The molecule has 0 amide bonds. The third-order valence-corrected chi connectivity index (χ3v) is 17.0. The Morgan fingerprint density at radius 1 is 0.321 bits per heavy atom. The molecule has 0 atom stereocenters. The van der Waals surface area contributed by atoms with Crippen LogP contribution in [0.1, 0.15) is 31.7 Å². The molecule has 0 saturated heterocycles. The summed E-state index contributed by atoms with van der Waals surface area (Å²) in [6.45, 7) is 2.18. The van der Waals surface area contributed by atoms with E-state index < -0.39 is 0 Å². The molecule has 3 nitrogen and oxygen atoms in total. The first-order valence-electron chi connectivity index (χ1n) is 28.8. The Balaban J connectivity index is 1.11. The second-order valence-corrected chi connectivity index (χ2v) is 21.7. The van der Waals surface area contributed by atoms with Crippen molar-refractivity contribution in [1.29, 1.82) is 0 Å². The summed E-state index contributed by atoms with van der Waals surface area (Å²) in [6.07, 6.45) is 4.34. The molecule has 2 aliphatic heterocycles. The molecule has 0 N–H and O–H groups in total. The van der Waals surface area contributed by atoms with Crippen molar-refractivity contribution in [3.63, 3.8) is 0 Å². The first-order valence-corrected chi connectivity index (χ1v) is 28.8. The maximum absolute atomic E-state index is 2.70. The SMILES string of the molecule is CCCCCc1cc2c3c(c1)N(c1c(-c4ccccc4)cccc1-c1ccccc1)c1cc(-n4c5ccccc5c5ccccc54)ccc1B3c1cc(-c3ccccc3)ccc1N2c1c(-c2ccccc2)cccc1-c1ccccc1. The summed E-state index contributed by atoms with van der Waals surface area (Å²) < 4.78 is 2.49. The molecular weight excluding hydrogens is 978 g/mol. The number of aryl methyl sites for hydroxylation is 1. The van der Waals surface area contributed by atoms with Crippen LogP contribution in [0.2, 0.25) is 0 Å². The number of rotatable bonds is 12. The highest BCUT2D eigenvalue weighted by atomic mass is 15.2. The minimum Gasteiger partial charge on any atom is -0.310 e. The van der Waals surface area contributed by atoms with E-state index in [0.29, 0.717) is 0 Å². The summed E-state index contributed by atoms with van der Waals surface area (Å²) in [6, 6.07) is 107. The van der Waals surface area contributed by atoms with Gasteiger partial charge >= 0.3 is 0 Å². The lowest BCUT2D eigenvalue weighted by Gasteiger charge is -2.46. The van der Waals surface area contributed by atoms with Crippen LogP contribution in [0.3, 0.4) is 0 Å². The van der Waals surface area contributed by atoms with Crippen molar-refractivity contribution >= 4 is 79.0 Å². The highest BCUT2D eigenvalue weighted by Crippen LogP contribution is 2.53. The molecule has 81 heavy (non-hydrogen) atoms. The van der Waals surface area contributed by atoms with Gasteiger partial charge in [0.15, 0.2) is 0 Å². The Kier molecular flexibility index (Phi) is 12.2. The molecule has 0 radical (unpaired) electrons. The molecule has 2 aliphatic rings. The molecular formula is C77H58BN3. The Labute approximate surface area is 475 Å². The van der Waals surface area contributed by atoms with Crippen LogP contribution in [0.25, 0.3) is 83.1 Å². The summed E-state index contributed by atoms with van der Waals surface area (Å²) >= 11 is 0. The second kappa shape index (κ2) is 20.4. The number of hydrogen-bond acceptors (Lipinski definition) is 2. The number of benzene rings is 12.